The van der Waals surface area contributed by atoms with E-state index in [1.807, 2.05) is 39.0 Å². The molecule has 0 aliphatic carbocycles. The number of methoxy groups -OCH3 is 1. The minimum absolute atomic E-state index is 0.0508. The molecule has 5 rings (SSSR count). The SMILES string of the molecule is COc1cc(OC(=O)CCc2ccco2)ccc1-c1ccc2c(c1COc1cc(F)ccc1C)N(C)C(=O)C(C)(C)N2. The maximum atomic E-state index is 14.0. The smallest absolute Gasteiger partial charge is 0.311 e. The molecule has 2 heterocycles. The number of anilines is 2. The molecular weight excluding hydrogens is 539 g/mol. The van der Waals surface area contributed by atoms with Crippen molar-refractivity contribution in [2.75, 3.05) is 24.4 Å². The van der Waals surface area contributed by atoms with Gasteiger partial charge < -0.3 is 28.8 Å². The van der Waals surface area contributed by atoms with E-state index in [1.54, 1.807) is 48.5 Å². The van der Waals surface area contributed by atoms with Crippen LogP contribution in [0.25, 0.3) is 11.1 Å². The molecule has 0 saturated carbocycles. The average molecular weight is 573 g/mol. The van der Waals surface area contributed by atoms with Crippen LogP contribution in [0, 0.1) is 12.7 Å². The van der Waals surface area contributed by atoms with E-state index in [4.69, 9.17) is 18.6 Å². The van der Waals surface area contributed by atoms with Gasteiger partial charge in [-0.15, -0.1) is 0 Å². The van der Waals surface area contributed by atoms with Gasteiger partial charge in [-0.1, -0.05) is 12.1 Å². The first-order valence-corrected chi connectivity index (χ1v) is 13.6. The Hall–Kier alpha value is -4.79. The lowest BCUT2D eigenvalue weighted by Gasteiger charge is -2.39. The van der Waals surface area contributed by atoms with Gasteiger partial charge in [0.2, 0.25) is 0 Å². The number of furan rings is 1. The number of aryl methyl sites for hydroxylation is 2. The molecule has 1 aromatic heterocycles. The Morgan fingerprint density at radius 2 is 1.83 bits per heavy atom. The molecule has 1 aliphatic heterocycles. The minimum atomic E-state index is -0.805. The second-order valence-electron chi connectivity index (χ2n) is 10.7. The van der Waals surface area contributed by atoms with Crippen molar-refractivity contribution in [2.45, 2.75) is 45.8 Å². The van der Waals surface area contributed by atoms with E-state index in [1.165, 1.54) is 19.2 Å². The Labute approximate surface area is 244 Å². The number of rotatable bonds is 9. The molecular formula is C33H33FN2O6. The normalized spacial score (nSPS) is 13.8. The number of hydrogen-bond acceptors (Lipinski definition) is 7. The highest BCUT2D eigenvalue weighted by Crippen LogP contribution is 2.45. The van der Waals surface area contributed by atoms with Crippen molar-refractivity contribution < 1.29 is 32.6 Å². The zero-order chi connectivity index (χ0) is 30.0. The third-order valence-corrected chi connectivity index (χ3v) is 7.28. The van der Waals surface area contributed by atoms with Gasteiger partial charge in [-0.05, 0) is 68.3 Å². The molecule has 4 aromatic rings. The molecule has 0 unspecified atom stereocenters. The van der Waals surface area contributed by atoms with Crippen LogP contribution < -0.4 is 24.4 Å². The van der Waals surface area contributed by atoms with Gasteiger partial charge in [0.1, 0.15) is 41.0 Å². The number of nitrogens with zero attached hydrogens (tertiary/aromatic N) is 1. The largest absolute Gasteiger partial charge is 0.496 e. The van der Waals surface area contributed by atoms with Gasteiger partial charge in [-0.2, -0.15) is 0 Å². The van der Waals surface area contributed by atoms with Gasteiger partial charge in [0.25, 0.3) is 5.91 Å². The van der Waals surface area contributed by atoms with Crippen LogP contribution in [0.2, 0.25) is 0 Å². The number of amides is 1. The van der Waals surface area contributed by atoms with E-state index in [0.717, 1.165) is 16.8 Å². The molecule has 3 aromatic carbocycles. The summed E-state index contributed by atoms with van der Waals surface area (Å²) in [4.78, 5) is 27.4. The standard InChI is InChI=1S/C33H33FN2O6/c1-20-8-9-21(34)17-28(20)41-19-26-24(13-14-27-31(26)36(4)32(38)33(2,3)35-27)25-12-10-23(18-29(25)39-5)42-30(37)15-11-22-7-6-16-40-22/h6-10,12-14,16-18,35H,11,15,19H2,1-5H3. The molecule has 0 spiro atoms. The van der Waals surface area contributed by atoms with Crippen LogP contribution in [0.15, 0.2) is 71.3 Å². The highest BCUT2D eigenvalue weighted by molar-refractivity contribution is 6.08. The lowest BCUT2D eigenvalue weighted by atomic mass is 9.91. The predicted molar refractivity (Wildman–Crippen MR) is 158 cm³/mol. The van der Waals surface area contributed by atoms with Crippen LogP contribution in [-0.4, -0.2) is 31.6 Å². The molecule has 1 N–H and O–H groups in total. The van der Waals surface area contributed by atoms with E-state index >= 15 is 0 Å². The van der Waals surface area contributed by atoms with Gasteiger partial charge in [0.15, 0.2) is 0 Å². The zero-order valence-corrected chi connectivity index (χ0v) is 24.2. The summed E-state index contributed by atoms with van der Waals surface area (Å²) < 4.78 is 36.8. The van der Waals surface area contributed by atoms with Crippen LogP contribution in [0.4, 0.5) is 15.8 Å². The summed E-state index contributed by atoms with van der Waals surface area (Å²) in [5.74, 6) is 0.992. The second kappa shape index (κ2) is 11.6. The molecule has 1 amide bonds. The number of nitrogens with one attached hydrogen (secondary N) is 1. The first kappa shape index (κ1) is 28.7. The maximum Gasteiger partial charge on any atom is 0.311 e. The lowest BCUT2D eigenvalue weighted by molar-refractivity contribution is -0.134. The summed E-state index contributed by atoms with van der Waals surface area (Å²) in [6.45, 7) is 5.54. The van der Waals surface area contributed by atoms with E-state index in [9.17, 15) is 14.0 Å². The lowest BCUT2D eigenvalue weighted by Crippen LogP contribution is -2.52. The molecule has 0 atom stereocenters. The van der Waals surface area contributed by atoms with Crippen molar-refractivity contribution in [3.05, 3.63) is 89.6 Å². The molecule has 1 aliphatic rings. The number of likely N-dealkylation sites (N-methyl/N-ethyl adjacent to an activating group) is 1. The predicted octanol–water partition coefficient (Wildman–Crippen LogP) is 6.69. The number of halogens is 1. The highest BCUT2D eigenvalue weighted by Gasteiger charge is 2.38. The third-order valence-electron chi connectivity index (χ3n) is 7.28. The molecule has 0 saturated heterocycles. The van der Waals surface area contributed by atoms with Gasteiger partial charge in [-0.3, -0.25) is 9.59 Å². The molecule has 0 bridgehead atoms. The van der Waals surface area contributed by atoms with Gasteiger partial charge >= 0.3 is 5.97 Å². The van der Waals surface area contributed by atoms with Crippen LogP contribution in [-0.2, 0) is 22.6 Å². The average Bonchev–Trinajstić information content (AvgIpc) is 3.49. The van der Waals surface area contributed by atoms with E-state index in [2.05, 4.69) is 5.32 Å². The topological polar surface area (TPSA) is 90.2 Å². The maximum absolute atomic E-state index is 14.0. The summed E-state index contributed by atoms with van der Waals surface area (Å²) in [5, 5.41) is 3.33. The fraction of sp³-hybridized carbons (Fsp3) is 0.273. The molecule has 218 valence electrons. The zero-order valence-electron chi connectivity index (χ0n) is 24.2. The highest BCUT2D eigenvalue weighted by atomic mass is 19.1. The summed E-state index contributed by atoms with van der Waals surface area (Å²) >= 11 is 0. The van der Waals surface area contributed by atoms with E-state index in [0.29, 0.717) is 46.2 Å². The summed E-state index contributed by atoms with van der Waals surface area (Å²) in [6.07, 6.45) is 2.16. The first-order valence-electron chi connectivity index (χ1n) is 13.6. The monoisotopic (exact) mass is 572 g/mol. The fourth-order valence-corrected chi connectivity index (χ4v) is 5.13. The fourth-order valence-electron chi connectivity index (χ4n) is 5.13. The quantitative estimate of drug-likeness (QED) is 0.177. The molecule has 42 heavy (non-hydrogen) atoms. The van der Waals surface area contributed by atoms with Crippen molar-refractivity contribution >= 4 is 23.3 Å². The van der Waals surface area contributed by atoms with Crippen molar-refractivity contribution in [1.29, 1.82) is 0 Å². The number of fused-ring (bicyclic) bond motifs is 1. The minimum Gasteiger partial charge on any atom is -0.496 e. The van der Waals surface area contributed by atoms with Crippen molar-refractivity contribution in [2.24, 2.45) is 0 Å². The number of carbonyl (C=O) groups is 2. The molecule has 0 radical (unpaired) electrons. The van der Waals surface area contributed by atoms with Crippen LogP contribution in [0.1, 0.15) is 37.2 Å². The Bertz CT molecular complexity index is 1630. The van der Waals surface area contributed by atoms with Crippen LogP contribution >= 0.6 is 0 Å². The first-order chi connectivity index (χ1) is 20.1. The number of hydrogen-bond donors (Lipinski definition) is 1. The molecule has 0 fully saturated rings. The Balaban J connectivity index is 1.51. The van der Waals surface area contributed by atoms with E-state index in [-0.39, 0.29) is 18.9 Å². The van der Waals surface area contributed by atoms with Gasteiger partial charge in [-0.25, -0.2) is 4.39 Å². The van der Waals surface area contributed by atoms with Gasteiger partial charge in [0, 0.05) is 36.7 Å². The molecule has 8 nitrogen and oxygen atoms in total. The van der Waals surface area contributed by atoms with Crippen molar-refractivity contribution in [3.63, 3.8) is 0 Å². The number of ether oxygens (including phenoxy) is 3. The van der Waals surface area contributed by atoms with Gasteiger partial charge in [0.05, 0.1) is 31.2 Å². The number of benzene rings is 3. The number of esters is 1. The number of carbonyl (C=O) groups excluding carboxylic acids is 2. The van der Waals surface area contributed by atoms with Crippen LogP contribution in [0.3, 0.4) is 0 Å². The van der Waals surface area contributed by atoms with Crippen LogP contribution in [0.5, 0.6) is 17.2 Å². The summed E-state index contributed by atoms with van der Waals surface area (Å²) in [7, 11) is 3.26. The second-order valence-corrected chi connectivity index (χ2v) is 10.7. The Morgan fingerprint density at radius 3 is 2.57 bits per heavy atom. The van der Waals surface area contributed by atoms with Crippen molar-refractivity contribution in [3.8, 4) is 28.4 Å². The Kier molecular flexibility index (Phi) is 7.93. The molecule has 9 heteroatoms. The Morgan fingerprint density at radius 1 is 1.05 bits per heavy atom. The van der Waals surface area contributed by atoms with E-state index < -0.39 is 17.3 Å². The van der Waals surface area contributed by atoms with Crippen molar-refractivity contribution in [1.82, 2.24) is 0 Å². The third kappa shape index (κ3) is 5.81. The summed E-state index contributed by atoms with van der Waals surface area (Å²) in [5.41, 5.74) is 3.55. The summed E-state index contributed by atoms with van der Waals surface area (Å²) in [6, 6.07) is 16.9.